The SMILES string of the molecule is c1ccc(C[C@@H](c2ccccc2)N2CCOCC2)cc1. The molecule has 20 heavy (non-hydrogen) atoms. The molecule has 0 aliphatic carbocycles. The summed E-state index contributed by atoms with van der Waals surface area (Å²) in [4.78, 5) is 2.55. The molecule has 1 atom stereocenters. The van der Waals surface area contributed by atoms with Gasteiger partial charge in [0, 0.05) is 19.1 Å². The molecule has 2 nitrogen and oxygen atoms in total. The second-order valence-electron chi connectivity index (χ2n) is 5.26. The van der Waals surface area contributed by atoms with Gasteiger partial charge in [-0.2, -0.15) is 0 Å². The van der Waals surface area contributed by atoms with Crippen molar-refractivity contribution in [1.29, 1.82) is 0 Å². The van der Waals surface area contributed by atoms with Gasteiger partial charge in [-0.1, -0.05) is 60.7 Å². The first-order valence-electron chi connectivity index (χ1n) is 7.34. The third-order valence-electron chi connectivity index (χ3n) is 3.94. The van der Waals surface area contributed by atoms with E-state index in [9.17, 15) is 0 Å². The topological polar surface area (TPSA) is 12.5 Å². The van der Waals surface area contributed by atoms with E-state index in [1.165, 1.54) is 11.1 Å². The van der Waals surface area contributed by atoms with Gasteiger partial charge in [-0.3, -0.25) is 4.90 Å². The number of hydrogen-bond donors (Lipinski definition) is 0. The second-order valence-corrected chi connectivity index (χ2v) is 5.26. The van der Waals surface area contributed by atoms with Gasteiger partial charge in [0.05, 0.1) is 13.2 Å². The lowest BCUT2D eigenvalue weighted by Gasteiger charge is -2.35. The molecule has 1 heterocycles. The van der Waals surface area contributed by atoms with Crippen molar-refractivity contribution in [1.82, 2.24) is 4.90 Å². The lowest BCUT2D eigenvalue weighted by atomic mass is 9.97. The number of rotatable bonds is 4. The van der Waals surface area contributed by atoms with Crippen molar-refractivity contribution in [3.63, 3.8) is 0 Å². The summed E-state index contributed by atoms with van der Waals surface area (Å²) in [5.74, 6) is 0. The number of hydrogen-bond acceptors (Lipinski definition) is 2. The molecule has 0 aromatic heterocycles. The fourth-order valence-corrected chi connectivity index (χ4v) is 2.86. The largest absolute Gasteiger partial charge is 0.379 e. The Morgan fingerprint density at radius 2 is 1.45 bits per heavy atom. The van der Waals surface area contributed by atoms with Crippen LogP contribution in [0.3, 0.4) is 0 Å². The van der Waals surface area contributed by atoms with Crippen LogP contribution in [0.5, 0.6) is 0 Å². The van der Waals surface area contributed by atoms with Crippen LogP contribution in [0.4, 0.5) is 0 Å². The molecule has 0 unspecified atom stereocenters. The summed E-state index contributed by atoms with van der Waals surface area (Å²) in [6, 6.07) is 22.0. The Kier molecular flexibility index (Phi) is 4.46. The third kappa shape index (κ3) is 3.27. The van der Waals surface area contributed by atoms with Crippen LogP contribution in [0.25, 0.3) is 0 Å². The molecule has 0 bridgehead atoms. The summed E-state index contributed by atoms with van der Waals surface area (Å²) in [5.41, 5.74) is 2.80. The van der Waals surface area contributed by atoms with Crippen molar-refractivity contribution in [3.8, 4) is 0 Å². The van der Waals surface area contributed by atoms with E-state index in [0.29, 0.717) is 6.04 Å². The van der Waals surface area contributed by atoms with Gasteiger partial charge in [-0.15, -0.1) is 0 Å². The fraction of sp³-hybridized carbons (Fsp3) is 0.333. The molecular formula is C18H21NO. The first kappa shape index (κ1) is 13.3. The first-order valence-corrected chi connectivity index (χ1v) is 7.34. The summed E-state index contributed by atoms with van der Waals surface area (Å²) >= 11 is 0. The van der Waals surface area contributed by atoms with Gasteiger partial charge >= 0.3 is 0 Å². The lowest BCUT2D eigenvalue weighted by molar-refractivity contribution is 0.0161. The zero-order chi connectivity index (χ0) is 13.6. The van der Waals surface area contributed by atoms with Crippen LogP contribution in [0, 0.1) is 0 Å². The number of ether oxygens (including phenoxy) is 1. The summed E-state index contributed by atoms with van der Waals surface area (Å²) in [6.07, 6.45) is 1.06. The molecule has 1 aliphatic heterocycles. The molecule has 1 fully saturated rings. The van der Waals surface area contributed by atoms with Crippen molar-refractivity contribution >= 4 is 0 Å². The molecule has 0 N–H and O–H groups in total. The highest BCUT2D eigenvalue weighted by molar-refractivity contribution is 5.24. The summed E-state index contributed by atoms with van der Waals surface area (Å²) in [6.45, 7) is 3.73. The van der Waals surface area contributed by atoms with Crippen molar-refractivity contribution in [2.45, 2.75) is 12.5 Å². The second kappa shape index (κ2) is 6.69. The van der Waals surface area contributed by atoms with E-state index in [-0.39, 0.29) is 0 Å². The van der Waals surface area contributed by atoms with Crippen molar-refractivity contribution in [3.05, 3.63) is 71.8 Å². The van der Waals surface area contributed by atoms with Crippen LogP contribution in [-0.4, -0.2) is 31.2 Å². The van der Waals surface area contributed by atoms with Gasteiger partial charge in [0.2, 0.25) is 0 Å². The molecule has 0 amide bonds. The van der Waals surface area contributed by atoms with E-state index in [1.54, 1.807) is 0 Å². The molecule has 0 saturated carbocycles. The van der Waals surface area contributed by atoms with Gasteiger partial charge < -0.3 is 4.74 Å². The third-order valence-corrected chi connectivity index (χ3v) is 3.94. The predicted octanol–water partition coefficient (Wildman–Crippen LogP) is 3.30. The van der Waals surface area contributed by atoms with Crippen LogP contribution in [0.15, 0.2) is 60.7 Å². The molecule has 3 rings (SSSR count). The van der Waals surface area contributed by atoms with Gasteiger partial charge in [0.15, 0.2) is 0 Å². The smallest absolute Gasteiger partial charge is 0.0594 e. The van der Waals surface area contributed by atoms with Crippen LogP contribution in [-0.2, 0) is 11.2 Å². The Bertz CT molecular complexity index is 505. The highest BCUT2D eigenvalue weighted by Gasteiger charge is 2.22. The summed E-state index contributed by atoms with van der Waals surface area (Å²) in [7, 11) is 0. The van der Waals surface area contributed by atoms with Gasteiger partial charge in [-0.25, -0.2) is 0 Å². The van der Waals surface area contributed by atoms with Crippen LogP contribution in [0.2, 0.25) is 0 Å². The molecule has 1 saturated heterocycles. The molecular weight excluding hydrogens is 246 g/mol. The zero-order valence-electron chi connectivity index (χ0n) is 11.7. The highest BCUT2D eigenvalue weighted by atomic mass is 16.5. The van der Waals surface area contributed by atoms with Crippen LogP contribution in [0.1, 0.15) is 17.2 Å². The van der Waals surface area contributed by atoms with Crippen LogP contribution >= 0.6 is 0 Å². The fourth-order valence-electron chi connectivity index (χ4n) is 2.86. The van der Waals surface area contributed by atoms with E-state index in [1.807, 2.05) is 0 Å². The van der Waals surface area contributed by atoms with E-state index in [0.717, 1.165) is 32.7 Å². The average Bonchev–Trinajstić information content (AvgIpc) is 2.55. The maximum Gasteiger partial charge on any atom is 0.0594 e. The summed E-state index contributed by atoms with van der Waals surface area (Å²) < 4.78 is 5.49. The van der Waals surface area contributed by atoms with Gasteiger partial charge in [0.1, 0.15) is 0 Å². The molecule has 2 heteroatoms. The minimum absolute atomic E-state index is 0.447. The minimum atomic E-state index is 0.447. The van der Waals surface area contributed by atoms with E-state index < -0.39 is 0 Å². The Labute approximate surface area is 121 Å². The molecule has 104 valence electrons. The molecule has 0 radical (unpaired) electrons. The Morgan fingerprint density at radius 1 is 0.850 bits per heavy atom. The number of benzene rings is 2. The van der Waals surface area contributed by atoms with Gasteiger partial charge in [-0.05, 0) is 17.5 Å². The Balaban J connectivity index is 1.83. The van der Waals surface area contributed by atoms with Crippen molar-refractivity contribution < 1.29 is 4.74 Å². The highest BCUT2D eigenvalue weighted by Crippen LogP contribution is 2.25. The molecule has 2 aromatic carbocycles. The Hall–Kier alpha value is -1.64. The lowest BCUT2D eigenvalue weighted by Crippen LogP contribution is -2.39. The summed E-state index contributed by atoms with van der Waals surface area (Å²) in [5, 5.41) is 0. The molecule has 2 aromatic rings. The maximum atomic E-state index is 5.49. The monoisotopic (exact) mass is 267 g/mol. The first-order chi connectivity index (χ1) is 9.93. The standard InChI is InChI=1S/C18H21NO/c1-3-7-16(8-4-1)15-18(17-9-5-2-6-10-17)19-11-13-20-14-12-19/h1-10,18H,11-15H2/t18-/m0/s1. The van der Waals surface area contributed by atoms with Crippen molar-refractivity contribution in [2.75, 3.05) is 26.3 Å². The molecule has 0 spiro atoms. The quantitative estimate of drug-likeness (QED) is 0.842. The van der Waals surface area contributed by atoms with E-state index >= 15 is 0 Å². The van der Waals surface area contributed by atoms with E-state index in [2.05, 4.69) is 65.6 Å². The minimum Gasteiger partial charge on any atom is -0.379 e. The van der Waals surface area contributed by atoms with E-state index in [4.69, 9.17) is 4.74 Å². The van der Waals surface area contributed by atoms with Gasteiger partial charge in [0.25, 0.3) is 0 Å². The number of morpholine rings is 1. The predicted molar refractivity (Wildman–Crippen MR) is 81.7 cm³/mol. The zero-order valence-corrected chi connectivity index (χ0v) is 11.7. The Morgan fingerprint density at radius 3 is 2.10 bits per heavy atom. The normalized spacial score (nSPS) is 17.8. The van der Waals surface area contributed by atoms with Crippen LogP contribution < -0.4 is 0 Å². The van der Waals surface area contributed by atoms with Crippen molar-refractivity contribution in [2.24, 2.45) is 0 Å². The number of nitrogens with zero attached hydrogens (tertiary/aromatic N) is 1. The molecule has 1 aliphatic rings. The maximum absolute atomic E-state index is 5.49. The average molecular weight is 267 g/mol.